The van der Waals surface area contributed by atoms with E-state index in [1.807, 2.05) is 18.2 Å². The monoisotopic (exact) mass is 280 g/mol. The summed E-state index contributed by atoms with van der Waals surface area (Å²) in [4.78, 5) is 4.47. The standard InChI is InChI=1S/C18H20N2O/c1-19-12-15(13-8-4-3-5-9-13)18(21)14-10-6-7-11-16(14)20(2)17(18)19/h3-11,15,17,21H,12H2,1-2H3/t15-,17?,18-/m1/s1. The zero-order valence-corrected chi connectivity index (χ0v) is 12.4. The summed E-state index contributed by atoms with van der Waals surface area (Å²) in [6.07, 6.45) is 0.0000983. The van der Waals surface area contributed by atoms with Crippen LogP contribution in [0.1, 0.15) is 17.0 Å². The number of hydrogen-bond donors (Lipinski definition) is 1. The lowest BCUT2D eigenvalue weighted by atomic mass is 9.80. The summed E-state index contributed by atoms with van der Waals surface area (Å²) in [7, 11) is 4.17. The maximum atomic E-state index is 11.7. The average Bonchev–Trinajstić information content (AvgIpc) is 2.92. The predicted octanol–water partition coefficient (Wildman–Crippen LogP) is 2.38. The molecule has 2 aromatic carbocycles. The molecule has 4 rings (SSSR count). The highest BCUT2D eigenvalue weighted by molar-refractivity contribution is 5.64. The van der Waals surface area contributed by atoms with Crippen molar-refractivity contribution in [3.63, 3.8) is 0 Å². The van der Waals surface area contributed by atoms with Crippen molar-refractivity contribution in [1.29, 1.82) is 0 Å². The van der Waals surface area contributed by atoms with Gasteiger partial charge in [0.05, 0.1) is 0 Å². The first-order chi connectivity index (χ1) is 10.1. The van der Waals surface area contributed by atoms with Gasteiger partial charge in [0.2, 0.25) is 0 Å². The topological polar surface area (TPSA) is 26.7 Å². The van der Waals surface area contributed by atoms with Crippen molar-refractivity contribution in [3.8, 4) is 0 Å². The largest absolute Gasteiger partial charge is 0.381 e. The summed E-state index contributed by atoms with van der Waals surface area (Å²) in [5.41, 5.74) is 2.55. The van der Waals surface area contributed by atoms with Gasteiger partial charge < -0.3 is 10.0 Å². The van der Waals surface area contributed by atoms with Crippen molar-refractivity contribution in [2.75, 3.05) is 25.5 Å². The van der Waals surface area contributed by atoms with Gasteiger partial charge in [-0.15, -0.1) is 0 Å². The SMILES string of the molecule is CN1C[C@H](c2ccccc2)[C@]2(O)c3ccccc3N(C)C12. The van der Waals surface area contributed by atoms with Crippen molar-refractivity contribution in [2.45, 2.75) is 17.7 Å². The van der Waals surface area contributed by atoms with Crippen LogP contribution in [-0.2, 0) is 5.60 Å². The number of aliphatic hydroxyl groups is 1. The van der Waals surface area contributed by atoms with Gasteiger partial charge in [-0.2, -0.15) is 0 Å². The van der Waals surface area contributed by atoms with Crippen molar-refractivity contribution in [2.24, 2.45) is 0 Å². The highest BCUT2D eigenvalue weighted by Crippen LogP contribution is 2.55. The zero-order chi connectivity index (χ0) is 14.6. The second kappa shape index (κ2) is 4.33. The van der Waals surface area contributed by atoms with E-state index in [1.165, 1.54) is 5.56 Å². The van der Waals surface area contributed by atoms with Crippen molar-refractivity contribution in [1.82, 2.24) is 4.90 Å². The molecular weight excluding hydrogens is 260 g/mol. The lowest BCUT2D eigenvalue weighted by Gasteiger charge is -2.33. The van der Waals surface area contributed by atoms with Crippen LogP contribution in [0.15, 0.2) is 54.6 Å². The molecule has 1 saturated heterocycles. The molecule has 3 nitrogen and oxygen atoms in total. The van der Waals surface area contributed by atoms with Crippen LogP contribution in [0.2, 0.25) is 0 Å². The molecule has 2 aromatic rings. The van der Waals surface area contributed by atoms with Gasteiger partial charge >= 0.3 is 0 Å². The Morgan fingerprint density at radius 3 is 2.43 bits per heavy atom. The minimum atomic E-state index is -0.846. The maximum absolute atomic E-state index is 11.7. The Labute approximate surface area is 125 Å². The minimum absolute atomic E-state index is 0.0000983. The first-order valence-electron chi connectivity index (χ1n) is 7.44. The molecule has 0 amide bonds. The Bertz CT molecular complexity index is 672. The van der Waals surface area contributed by atoms with E-state index >= 15 is 0 Å². The smallest absolute Gasteiger partial charge is 0.133 e. The molecule has 21 heavy (non-hydrogen) atoms. The van der Waals surface area contributed by atoms with E-state index < -0.39 is 5.60 Å². The third-order valence-corrected chi connectivity index (χ3v) is 5.10. The molecule has 1 N–H and O–H groups in total. The van der Waals surface area contributed by atoms with Gasteiger partial charge in [0.25, 0.3) is 0 Å². The van der Waals surface area contributed by atoms with Crippen molar-refractivity contribution in [3.05, 3.63) is 65.7 Å². The molecule has 3 atom stereocenters. The molecule has 1 unspecified atom stereocenters. The molecule has 0 aromatic heterocycles. The second-order valence-electron chi connectivity index (χ2n) is 6.23. The van der Waals surface area contributed by atoms with E-state index in [0.29, 0.717) is 0 Å². The van der Waals surface area contributed by atoms with Gasteiger partial charge in [-0.05, 0) is 18.7 Å². The van der Waals surface area contributed by atoms with Crippen LogP contribution in [0.25, 0.3) is 0 Å². The van der Waals surface area contributed by atoms with E-state index in [4.69, 9.17) is 0 Å². The molecule has 2 heterocycles. The number of fused-ring (bicyclic) bond motifs is 3. The second-order valence-corrected chi connectivity index (χ2v) is 6.23. The number of anilines is 1. The average molecular weight is 280 g/mol. The minimum Gasteiger partial charge on any atom is -0.381 e. The Kier molecular flexibility index (Phi) is 2.65. The van der Waals surface area contributed by atoms with Crippen LogP contribution in [0.4, 0.5) is 5.69 Å². The third-order valence-electron chi connectivity index (χ3n) is 5.10. The molecule has 0 aliphatic carbocycles. The Morgan fingerprint density at radius 1 is 1.00 bits per heavy atom. The summed E-state index contributed by atoms with van der Waals surface area (Å²) >= 11 is 0. The fraction of sp³-hybridized carbons (Fsp3) is 0.333. The highest BCUT2D eigenvalue weighted by Gasteiger charge is 2.60. The molecule has 0 radical (unpaired) electrons. The predicted molar refractivity (Wildman–Crippen MR) is 84.3 cm³/mol. The molecule has 1 fully saturated rings. The number of likely N-dealkylation sites (tertiary alicyclic amines) is 1. The summed E-state index contributed by atoms with van der Waals surface area (Å²) in [6, 6.07) is 18.6. The van der Waals surface area contributed by atoms with Gasteiger partial charge in [-0.1, -0.05) is 48.5 Å². The van der Waals surface area contributed by atoms with Gasteiger partial charge in [-0.25, -0.2) is 0 Å². The third kappa shape index (κ3) is 1.56. The van der Waals surface area contributed by atoms with Crippen molar-refractivity contribution < 1.29 is 5.11 Å². The number of rotatable bonds is 1. The van der Waals surface area contributed by atoms with Gasteiger partial charge in [-0.3, -0.25) is 4.90 Å². The van der Waals surface area contributed by atoms with Crippen LogP contribution in [0.3, 0.4) is 0 Å². The van der Waals surface area contributed by atoms with Crippen LogP contribution in [0, 0.1) is 0 Å². The van der Waals surface area contributed by atoms with Crippen LogP contribution >= 0.6 is 0 Å². The molecular formula is C18H20N2O. The fourth-order valence-electron chi connectivity index (χ4n) is 4.26. The lowest BCUT2D eigenvalue weighted by Crippen LogP contribution is -2.47. The van der Waals surface area contributed by atoms with Gasteiger partial charge in [0, 0.05) is 30.8 Å². The summed E-state index contributed by atoms with van der Waals surface area (Å²) in [5, 5.41) is 11.7. The number of para-hydroxylation sites is 1. The van der Waals surface area contributed by atoms with Crippen LogP contribution < -0.4 is 4.90 Å². The van der Waals surface area contributed by atoms with Crippen LogP contribution in [-0.4, -0.2) is 36.8 Å². The summed E-state index contributed by atoms with van der Waals surface area (Å²) in [6.45, 7) is 0.865. The molecule has 3 heteroatoms. The first kappa shape index (κ1) is 12.9. The van der Waals surface area contributed by atoms with E-state index in [-0.39, 0.29) is 12.1 Å². The molecule has 0 bridgehead atoms. The molecule has 2 aliphatic heterocycles. The van der Waals surface area contributed by atoms with E-state index in [1.54, 1.807) is 0 Å². The van der Waals surface area contributed by atoms with Crippen molar-refractivity contribution >= 4 is 5.69 Å². The number of nitrogens with zero attached hydrogens (tertiary/aromatic N) is 2. The van der Waals surface area contributed by atoms with E-state index in [9.17, 15) is 5.11 Å². The zero-order valence-electron chi connectivity index (χ0n) is 12.4. The Morgan fingerprint density at radius 2 is 1.67 bits per heavy atom. The molecule has 0 spiro atoms. The summed E-state index contributed by atoms with van der Waals surface area (Å²) in [5.74, 6) is 0.0970. The first-order valence-corrected chi connectivity index (χ1v) is 7.44. The van der Waals surface area contributed by atoms with Crippen LogP contribution in [0.5, 0.6) is 0 Å². The fourth-order valence-corrected chi connectivity index (χ4v) is 4.26. The van der Waals surface area contributed by atoms with E-state index in [0.717, 1.165) is 17.8 Å². The number of hydrogen-bond acceptors (Lipinski definition) is 3. The Hall–Kier alpha value is -1.84. The lowest BCUT2D eigenvalue weighted by molar-refractivity contribution is 0.00336. The highest BCUT2D eigenvalue weighted by atomic mass is 16.3. The summed E-state index contributed by atoms with van der Waals surface area (Å²) < 4.78 is 0. The number of likely N-dealkylation sites (N-methyl/N-ethyl adjacent to an activating group) is 2. The quantitative estimate of drug-likeness (QED) is 0.869. The molecule has 0 saturated carbocycles. The van der Waals surface area contributed by atoms with Gasteiger partial charge in [0.1, 0.15) is 11.8 Å². The normalized spacial score (nSPS) is 31.3. The molecule has 108 valence electrons. The molecule has 2 aliphatic rings. The number of benzene rings is 2. The van der Waals surface area contributed by atoms with E-state index in [2.05, 4.69) is 60.3 Å². The maximum Gasteiger partial charge on any atom is 0.133 e. The van der Waals surface area contributed by atoms with Gasteiger partial charge in [0.15, 0.2) is 0 Å². The Balaban J connectivity index is 1.91.